The topological polar surface area (TPSA) is 0 Å². The average molecular weight is 204 g/mol. The van der Waals surface area contributed by atoms with Crippen LogP contribution in [0.5, 0.6) is 0 Å². The van der Waals surface area contributed by atoms with Gasteiger partial charge in [0.1, 0.15) is 0 Å². The van der Waals surface area contributed by atoms with E-state index >= 15 is 0 Å². The van der Waals surface area contributed by atoms with Crippen LogP contribution in [-0.2, 0) is 0 Å². The van der Waals surface area contributed by atoms with Crippen molar-refractivity contribution in [2.75, 3.05) is 0 Å². The molecular weight excluding hydrogens is 180 g/mol. The minimum atomic E-state index is 0.540. The minimum Gasteiger partial charge on any atom is -0.0996 e. The molecule has 4 atom stereocenters. The second-order valence-corrected chi connectivity index (χ2v) is 7.00. The quantitative estimate of drug-likeness (QED) is 0.513. The summed E-state index contributed by atoms with van der Waals surface area (Å²) in [6, 6.07) is 0. The van der Waals surface area contributed by atoms with Gasteiger partial charge in [0, 0.05) is 0 Å². The van der Waals surface area contributed by atoms with Crippen LogP contribution in [-0.4, -0.2) is 0 Å². The second-order valence-electron chi connectivity index (χ2n) is 7.00. The Kier molecular flexibility index (Phi) is 1.79. The smallest absolute Gasteiger partial charge is 0.0146 e. The SMILES string of the molecule is C=C1CC[C@]23C[C@H]1C(C)(C)[C@H]2CC[C@H]3C. The molecule has 15 heavy (non-hydrogen) atoms. The molecule has 0 heteroatoms. The van der Waals surface area contributed by atoms with Gasteiger partial charge in [0.2, 0.25) is 0 Å². The molecule has 0 nitrogen and oxygen atoms in total. The zero-order chi connectivity index (χ0) is 10.8. The maximum atomic E-state index is 4.34. The molecule has 3 fully saturated rings. The lowest BCUT2D eigenvalue weighted by atomic mass is 9.67. The van der Waals surface area contributed by atoms with Crippen molar-refractivity contribution in [3.63, 3.8) is 0 Å². The van der Waals surface area contributed by atoms with Gasteiger partial charge in [0.25, 0.3) is 0 Å². The lowest BCUT2D eigenvalue weighted by Crippen LogP contribution is -2.30. The molecule has 3 saturated carbocycles. The molecule has 0 saturated heterocycles. The molecule has 0 radical (unpaired) electrons. The van der Waals surface area contributed by atoms with Crippen LogP contribution in [0.1, 0.15) is 52.9 Å². The number of rotatable bonds is 0. The molecule has 84 valence electrons. The first-order chi connectivity index (χ1) is 6.98. The Morgan fingerprint density at radius 3 is 2.73 bits per heavy atom. The number of hydrogen-bond donors (Lipinski definition) is 0. The van der Waals surface area contributed by atoms with E-state index in [-0.39, 0.29) is 0 Å². The Balaban J connectivity index is 2.08. The molecule has 0 N–H and O–H groups in total. The number of allylic oxidation sites excluding steroid dienone is 1. The normalized spacial score (nSPS) is 51.9. The highest BCUT2D eigenvalue weighted by atomic mass is 14.7. The van der Waals surface area contributed by atoms with Crippen molar-refractivity contribution >= 4 is 0 Å². The van der Waals surface area contributed by atoms with Gasteiger partial charge in [-0.05, 0) is 60.7 Å². The fraction of sp³-hybridized carbons (Fsp3) is 0.867. The Morgan fingerprint density at radius 2 is 2.00 bits per heavy atom. The third-order valence-electron chi connectivity index (χ3n) is 6.35. The van der Waals surface area contributed by atoms with Gasteiger partial charge < -0.3 is 0 Å². The summed E-state index contributed by atoms with van der Waals surface area (Å²) in [4.78, 5) is 0. The fourth-order valence-electron chi connectivity index (χ4n) is 5.44. The molecule has 0 unspecified atom stereocenters. The van der Waals surface area contributed by atoms with Crippen LogP contribution in [0.25, 0.3) is 0 Å². The van der Waals surface area contributed by atoms with E-state index in [0.29, 0.717) is 5.41 Å². The van der Waals surface area contributed by atoms with Gasteiger partial charge in [-0.1, -0.05) is 32.9 Å². The molecule has 3 aliphatic carbocycles. The van der Waals surface area contributed by atoms with Gasteiger partial charge in [0.05, 0.1) is 0 Å². The van der Waals surface area contributed by atoms with E-state index in [1.165, 1.54) is 32.1 Å². The predicted molar refractivity (Wildman–Crippen MR) is 64.6 cm³/mol. The molecular formula is C15H24. The Hall–Kier alpha value is -0.260. The van der Waals surface area contributed by atoms with Gasteiger partial charge in [-0.3, -0.25) is 0 Å². The van der Waals surface area contributed by atoms with E-state index < -0.39 is 0 Å². The fourth-order valence-corrected chi connectivity index (χ4v) is 5.44. The Morgan fingerprint density at radius 1 is 1.27 bits per heavy atom. The van der Waals surface area contributed by atoms with Gasteiger partial charge in [-0.25, -0.2) is 0 Å². The maximum absolute atomic E-state index is 4.34. The van der Waals surface area contributed by atoms with E-state index in [4.69, 9.17) is 0 Å². The van der Waals surface area contributed by atoms with Gasteiger partial charge in [-0.15, -0.1) is 0 Å². The lowest BCUT2D eigenvalue weighted by molar-refractivity contribution is 0.118. The third kappa shape index (κ3) is 0.990. The average Bonchev–Trinajstić information content (AvgIpc) is 2.57. The van der Waals surface area contributed by atoms with Crippen LogP contribution in [0.2, 0.25) is 0 Å². The number of fused-ring (bicyclic) bond motifs is 1. The molecule has 0 aromatic carbocycles. The summed E-state index contributed by atoms with van der Waals surface area (Å²) in [6.45, 7) is 11.9. The van der Waals surface area contributed by atoms with Crippen molar-refractivity contribution in [2.24, 2.45) is 28.6 Å². The molecule has 0 aliphatic heterocycles. The largest absolute Gasteiger partial charge is 0.0996 e. The van der Waals surface area contributed by atoms with Crippen LogP contribution in [0.3, 0.4) is 0 Å². The summed E-state index contributed by atoms with van der Waals surface area (Å²) in [5, 5.41) is 0. The highest BCUT2D eigenvalue weighted by Crippen LogP contribution is 2.72. The molecule has 1 spiro atoms. The zero-order valence-corrected chi connectivity index (χ0v) is 10.5. The summed E-state index contributed by atoms with van der Waals surface area (Å²) in [5.41, 5.74) is 2.82. The standard InChI is InChI=1S/C15H24/c1-10-7-8-15-9-12(10)14(3,4)13(15)6-5-11(15)2/h11-13H,1,5-9H2,2-4H3/t11-,12-,13-,15-/m1/s1. The monoisotopic (exact) mass is 204 g/mol. The first kappa shape index (κ1) is 9.93. The predicted octanol–water partition coefficient (Wildman–Crippen LogP) is 4.42. The summed E-state index contributed by atoms with van der Waals surface area (Å²) in [5.74, 6) is 2.79. The van der Waals surface area contributed by atoms with Crippen molar-refractivity contribution < 1.29 is 0 Å². The summed E-state index contributed by atoms with van der Waals surface area (Å²) >= 11 is 0. The van der Waals surface area contributed by atoms with E-state index in [9.17, 15) is 0 Å². The molecule has 0 aromatic heterocycles. The maximum Gasteiger partial charge on any atom is -0.0146 e. The van der Waals surface area contributed by atoms with Crippen molar-refractivity contribution in [1.82, 2.24) is 0 Å². The minimum absolute atomic E-state index is 0.540. The molecule has 3 rings (SSSR count). The van der Waals surface area contributed by atoms with Gasteiger partial charge >= 0.3 is 0 Å². The van der Waals surface area contributed by atoms with E-state index in [1.54, 1.807) is 5.57 Å². The summed E-state index contributed by atoms with van der Waals surface area (Å²) < 4.78 is 0. The van der Waals surface area contributed by atoms with Crippen LogP contribution < -0.4 is 0 Å². The zero-order valence-electron chi connectivity index (χ0n) is 10.5. The first-order valence-electron chi connectivity index (χ1n) is 6.66. The molecule has 0 aromatic rings. The number of hydrogen-bond acceptors (Lipinski definition) is 0. The molecule has 2 bridgehead atoms. The summed E-state index contributed by atoms with van der Waals surface area (Å²) in [6.07, 6.45) is 7.18. The lowest BCUT2D eigenvalue weighted by Gasteiger charge is -2.38. The molecule has 0 amide bonds. The van der Waals surface area contributed by atoms with Crippen LogP contribution >= 0.6 is 0 Å². The molecule has 3 aliphatic rings. The van der Waals surface area contributed by atoms with Crippen LogP contribution in [0, 0.1) is 28.6 Å². The third-order valence-corrected chi connectivity index (χ3v) is 6.35. The van der Waals surface area contributed by atoms with Crippen molar-refractivity contribution in [3.05, 3.63) is 12.2 Å². The van der Waals surface area contributed by atoms with E-state index in [2.05, 4.69) is 27.4 Å². The highest BCUT2D eigenvalue weighted by molar-refractivity contribution is 5.23. The second kappa shape index (κ2) is 2.70. The van der Waals surface area contributed by atoms with Crippen molar-refractivity contribution in [1.29, 1.82) is 0 Å². The van der Waals surface area contributed by atoms with Gasteiger partial charge in [0.15, 0.2) is 0 Å². The Labute approximate surface area is 94.1 Å². The Bertz CT molecular complexity index is 312. The van der Waals surface area contributed by atoms with Crippen LogP contribution in [0.15, 0.2) is 12.2 Å². The van der Waals surface area contributed by atoms with Crippen LogP contribution in [0.4, 0.5) is 0 Å². The molecule has 0 heterocycles. The summed E-state index contributed by atoms with van der Waals surface area (Å²) in [7, 11) is 0. The van der Waals surface area contributed by atoms with Crippen molar-refractivity contribution in [2.45, 2.75) is 52.9 Å². The van der Waals surface area contributed by atoms with Gasteiger partial charge in [-0.2, -0.15) is 0 Å². The van der Waals surface area contributed by atoms with Crippen molar-refractivity contribution in [3.8, 4) is 0 Å². The highest BCUT2D eigenvalue weighted by Gasteiger charge is 2.63. The van der Waals surface area contributed by atoms with E-state index in [1.807, 2.05) is 0 Å². The van der Waals surface area contributed by atoms with E-state index in [0.717, 1.165) is 23.2 Å². The first-order valence-corrected chi connectivity index (χ1v) is 6.66.